The number of para-hydroxylation sites is 2. The number of hydrogen-bond donors (Lipinski definition) is 0. The minimum atomic E-state index is 0.896. The molecule has 0 aliphatic rings. The summed E-state index contributed by atoms with van der Waals surface area (Å²) in [6, 6.07) is 78.2. The van der Waals surface area contributed by atoms with Crippen LogP contribution in [0.15, 0.2) is 223 Å². The number of anilines is 3. The van der Waals surface area contributed by atoms with E-state index in [1.54, 1.807) is 0 Å². The van der Waals surface area contributed by atoms with Gasteiger partial charge in [-0.3, -0.25) is 0 Å². The molecule has 0 atom stereocenters. The maximum absolute atomic E-state index is 6.21. The zero-order chi connectivity index (χ0) is 37.7. The van der Waals surface area contributed by atoms with Crippen LogP contribution in [0, 0.1) is 0 Å². The minimum Gasteiger partial charge on any atom is -0.456 e. The molecule has 0 saturated heterocycles. The maximum atomic E-state index is 6.21. The number of hydrogen-bond acceptors (Lipinski definition) is 2. The summed E-state index contributed by atoms with van der Waals surface area (Å²) >= 11 is 0. The summed E-state index contributed by atoms with van der Waals surface area (Å²) in [5, 5.41) is 4.69. The molecule has 0 aliphatic carbocycles. The lowest BCUT2D eigenvalue weighted by Gasteiger charge is -2.26. The van der Waals surface area contributed by atoms with Crippen molar-refractivity contribution in [1.29, 1.82) is 0 Å². The van der Waals surface area contributed by atoms with Gasteiger partial charge in [-0.15, -0.1) is 0 Å². The summed E-state index contributed by atoms with van der Waals surface area (Å²) in [4.78, 5) is 2.36. The van der Waals surface area contributed by atoms with Gasteiger partial charge in [0.15, 0.2) is 0 Å². The Hall–Kier alpha value is -7.62. The van der Waals surface area contributed by atoms with Crippen molar-refractivity contribution >= 4 is 60.8 Å². The predicted molar refractivity (Wildman–Crippen MR) is 239 cm³/mol. The molecule has 11 aromatic rings. The number of furan rings is 1. The van der Waals surface area contributed by atoms with Gasteiger partial charge in [-0.05, 0) is 106 Å². The van der Waals surface area contributed by atoms with E-state index in [0.717, 1.165) is 55.8 Å². The van der Waals surface area contributed by atoms with Crippen molar-refractivity contribution in [3.63, 3.8) is 0 Å². The first-order valence-corrected chi connectivity index (χ1v) is 19.4. The van der Waals surface area contributed by atoms with Gasteiger partial charge in [0, 0.05) is 44.3 Å². The Labute approximate surface area is 330 Å². The highest BCUT2D eigenvalue weighted by molar-refractivity contribution is 6.16. The van der Waals surface area contributed by atoms with Crippen LogP contribution in [0.2, 0.25) is 0 Å². The van der Waals surface area contributed by atoms with Crippen molar-refractivity contribution in [2.24, 2.45) is 0 Å². The lowest BCUT2D eigenvalue weighted by atomic mass is 9.98. The van der Waals surface area contributed by atoms with Gasteiger partial charge in [-0.25, -0.2) is 0 Å². The van der Waals surface area contributed by atoms with E-state index in [1.165, 1.54) is 44.1 Å². The fraction of sp³-hybridized carbons (Fsp3) is 0. The van der Waals surface area contributed by atoms with E-state index in [9.17, 15) is 0 Å². The molecular formula is C54H36N2O. The van der Waals surface area contributed by atoms with Crippen molar-refractivity contribution in [2.75, 3.05) is 4.90 Å². The molecule has 3 nitrogen and oxygen atoms in total. The third kappa shape index (κ3) is 5.68. The molecule has 0 spiro atoms. The van der Waals surface area contributed by atoms with Gasteiger partial charge in [-0.2, -0.15) is 0 Å². The maximum Gasteiger partial charge on any atom is 0.135 e. The normalized spacial score (nSPS) is 11.5. The topological polar surface area (TPSA) is 21.3 Å². The van der Waals surface area contributed by atoms with E-state index in [-0.39, 0.29) is 0 Å². The van der Waals surface area contributed by atoms with Gasteiger partial charge in [-0.1, -0.05) is 146 Å². The Morgan fingerprint density at radius 1 is 0.333 bits per heavy atom. The molecule has 11 rings (SSSR count). The van der Waals surface area contributed by atoms with Crippen LogP contribution >= 0.6 is 0 Å². The van der Waals surface area contributed by atoms with E-state index >= 15 is 0 Å². The van der Waals surface area contributed by atoms with Crippen LogP contribution in [0.1, 0.15) is 0 Å². The first-order chi connectivity index (χ1) is 28.3. The van der Waals surface area contributed by atoms with E-state index in [1.807, 2.05) is 12.1 Å². The second-order valence-electron chi connectivity index (χ2n) is 14.5. The monoisotopic (exact) mass is 728 g/mol. The fourth-order valence-electron chi connectivity index (χ4n) is 8.52. The number of fused-ring (bicyclic) bond motifs is 6. The van der Waals surface area contributed by atoms with Crippen molar-refractivity contribution in [3.8, 4) is 39.1 Å². The fourth-order valence-corrected chi connectivity index (χ4v) is 8.52. The molecule has 2 aromatic heterocycles. The van der Waals surface area contributed by atoms with Gasteiger partial charge in [0.1, 0.15) is 11.2 Å². The van der Waals surface area contributed by atoms with Gasteiger partial charge >= 0.3 is 0 Å². The number of aromatic nitrogens is 1. The quantitative estimate of drug-likeness (QED) is 0.163. The van der Waals surface area contributed by atoms with Crippen molar-refractivity contribution in [2.45, 2.75) is 0 Å². The molecular weight excluding hydrogens is 693 g/mol. The molecule has 0 unspecified atom stereocenters. The molecule has 2 heterocycles. The molecule has 9 aromatic carbocycles. The van der Waals surface area contributed by atoms with Gasteiger partial charge in [0.25, 0.3) is 0 Å². The van der Waals surface area contributed by atoms with Gasteiger partial charge < -0.3 is 13.9 Å². The molecule has 57 heavy (non-hydrogen) atoms. The smallest absolute Gasteiger partial charge is 0.135 e. The largest absolute Gasteiger partial charge is 0.456 e. The van der Waals surface area contributed by atoms with E-state index < -0.39 is 0 Å². The Morgan fingerprint density at radius 2 is 0.877 bits per heavy atom. The third-order valence-corrected chi connectivity index (χ3v) is 11.2. The Morgan fingerprint density at radius 3 is 1.58 bits per heavy atom. The molecule has 0 N–H and O–H groups in total. The lowest BCUT2D eigenvalue weighted by molar-refractivity contribution is 0.669. The van der Waals surface area contributed by atoms with Crippen LogP contribution in [0.4, 0.5) is 17.1 Å². The average Bonchev–Trinajstić information content (AvgIpc) is 3.83. The van der Waals surface area contributed by atoms with E-state index in [2.05, 4.69) is 216 Å². The molecule has 0 aliphatic heterocycles. The summed E-state index contributed by atoms with van der Waals surface area (Å²) in [7, 11) is 0. The Balaban J connectivity index is 1.06. The predicted octanol–water partition coefficient (Wildman–Crippen LogP) is 15.2. The lowest BCUT2D eigenvalue weighted by Crippen LogP contribution is -2.10. The second kappa shape index (κ2) is 13.6. The molecule has 3 heteroatoms. The van der Waals surface area contributed by atoms with Crippen molar-refractivity contribution in [3.05, 3.63) is 218 Å². The van der Waals surface area contributed by atoms with Crippen LogP contribution < -0.4 is 4.90 Å². The van der Waals surface area contributed by atoms with Gasteiger partial charge in [0.05, 0.1) is 11.0 Å². The average molecular weight is 729 g/mol. The number of nitrogens with zero attached hydrogens (tertiary/aromatic N) is 2. The second-order valence-corrected chi connectivity index (χ2v) is 14.5. The van der Waals surface area contributed by atoms with Crippen LogP contribution in [-0.4, -0.2) is 4.57 Å². The molecule has 268 valence electrons. The van der Waals surface area contributed by atoms with Gasteiger partial charge in [0.2, 0.25) is 0 Å². The highest BCUT2D eigenvalue weighted by Gasteiger charge is 2.19. The first-order valence-electron chi connectivity index (χ1n) is 19.4. The highest BCUT2D eigenvalue weighted by Crippen LogP contribution is 2.43. The molecule has 0 saturated carbocycles. The summed E-state index contributed by atoms with van der Waals surface area (Å²) in [5.41, 5.74) is 15.7. The summed E-state index contributed by atoms with van der Waals surface area (Å²) in [6.07, 6.45) is 0. The summed E-state index contributed by atoms with van der Waals surface area (Å²) in [5.74, 6) is 0. The minimum absolute atomic E-state index is 0.896. The highest BCUT2D eigenvalue weighted by atomic mass is 16.3. The SMILES string of the molecule is c1ccc(-c2ccc(N(c3ccc(-c4ccccc4)cc3)c3cccc(-c4cccc5c4c4ccccc4n5-c4ccc5oc6ccccc6c5c4)c3)cc2)cc1. The summed E-state index contributed by atoms with van der Waals surface area (Å²) < 4.78 is 8.61. The van der Waals surface area contributed by atoms with Crippen LogP contribution in [0.3, 0.4) is 0 Å². The zero-order valence-corrected chi connectivity index (χ0v) is 31.1. The standard InChI is InChI=1S/C54H36N2O/c1-3-13-37(14-4-1)39-25-29-42(30-26-39)55(43-31-27-40(28-32-43)38-15-5-2-6-16-38)44-18-11-17-41(35-44)46-21-12-23-51-54(46)48-20-7-9-22-50(48)56(51)45-33-34-53-49(36-45)47-19-8-10-24-52(47)57-53/h1-36H. The third-order valence-electron chi connectivity index (χ3n) is 11.2. The molecule has 0 fully saturated rings. The van der Waals surface area contributed by atoms with Crippen LogP contribution in [-0.2, 0) is 0 Å². The molecule has 0 radical (unpaired) electrons. The van der Waals surface area contributed by atoms with Crippen molar-refractivity contribution in [1.82, 2.24) is 4.57 Å². The first kappa shape index (κ1) is 32.8. The van der Waals surface area contributed by atoms with Crippen LogP contribution in [0.5, 0.6) is 0 Å². The number of benzene rings is 9. The van der Waals surface area contributed by atoms with Crippen LogP contribution in [0.25, 0.3) is 82.8 Å². The Bertz CT molecular complexity index is 3130. The van der Waals surface area contributed by atoms with E-state index in [4.69, 9.17) is 4.42 Å². The Kier molecular flexibility index (Phi) is 7.82. The zero-order valence-electron chi connectivity index (χ0n) is 31.1. The summed E-state index contributed by atoms with van der Waals surface area (Å²) in [6.45, 7) is 0. The number of rotatable bonds is 7. The van der Waals surface area contributed by atoms with E-state index in [0.29, 0.717) is 0 Å². The van der Waals surface area contributed by atoms with Crippen molar-refractivity contribution < 1.29 is 4.42 Å². The molecule has 0 amide bonds. The molecule has 0 bridgehead atoms.